The molecule has 6 nitrogen and oxygen atoms in total. The number of benzene rings is 1. The molecule has 2 atom stereocenters. The van der Waals surface area contributed by atoms with Crippen molar-refractivity contribution in [3.8, 4) is 11.8 Å². The van der Waals surface area contributed by atoms with Crippen molar-refractivity contribution in [3.63, 3.8) is 0 Å². The highest BCUT2D eigenvalue weighted by atomic mass is 79.9. The van der Waals surface area contributed by atoms with Gasteiger partial charge in [-0.2, -0.15) is 5.26 Å². The van der Waals surface area contributed by atoms with Gasteiger partial charge in [-0.25, -0.2) is 4.79 Å². The zero-order valence-electron chi connectivity index (χ0n) is 15.5. The first-order chi connectivity index (χ1) is 12.9. The Balaban J connectivity index is 2.07. The number of rotatable bonds is 6. The second kappa shape index (κ2) is 10.1. The van der Waals surface area contributed by atoms with Crippen LogP contribution in [0.3, 0.4) is 0 Å². The minimum atomic E-state index is -0.480. The first kappa shape index (κ1) is 21.0. The van der Waals surface area contributed by atoms with Crippen LogP contribution < -0.4 is 10.1 Å². The van der Waals surface area contributed by atoms with Crippen molar-refractivity contribution in [1.29, 1.82) is 5.26 Å². The summed E-state index contributed by atoms with van der Waals surface area (Å²) in [6.45, 7) is 1.93. The summed E-state index contributed by atoms with van der Waals surface area (Å²) < 4.78 is 10.5. The average Bonchev–Trinajstić information content (AvgIpc) is 2.66. The number of carbonyl (C=O) groups excluding carboxylic acids is 2. The first-order valence-corrected chi connectivity index (χ1v) is 9.65. The van der Waals surface area contributed by atoms with Gasteiger partial charge < -0.3 is 14.8 Å². The van der Waals surface area contributed by atoms with Crippen molar-refractivity contribution in [1.82, 2.24) is 5.32 Å². The molecule has 1 aliphatic carbocycles. The van der Waals surface area contributed by atoms with Crippen molar-refractivity contribution in [3.05, 3.63) is 33.8 Å². The van der Waals surface area contributed by atoms with Crippen LogP contribution in [0.2, 0.25) is 0 Å². The minimum absolute atomic E-state index is 0.0582. The number of hydrogen-bond donors (Lipinski definition) is 1. The van der Waals surface area contributed by atoms with Gasteiger partial charge in [0.25, 0.3) is 5.91 Å². The quantitative estimate of drug-likeness (QED) is 0.419. The van der Waals surface area contributed by atoms with Gasteiger partial charge in [-0.3, -0.25) is 4.79 Å². The Kier molecular flexibility index (Phi) is 7.86. The van der Waals surface area contributed by atoms with Gasteiger partial charge in [-0.15, -0.1) is 0 Å². The highest BCUT2D eigenvalue weighted by Crippen LogP contribution is 2.27. The van der Waals surface area contributed by atoms with E-state index in [4.69, 9.17) is 4.74 Å². The van der Waals surface area contributed by atoms with E-state index in [-0.39, 0.29) is 24.1 Å². The number of methoxy groups -OCH3 is 1. The molecular formula is C20H23BrN2O4. The Morgan fingerprint density at radius 2 is 2.11 bits per heavy atom. The Bertz CT molecular complexity index is 770. The van der Waals surface area contributed by atoms with Crippen molar-refractivity contribution >= 4 is 33.9 Å². The number of nitrogens with one attached hydrogen (secondary N) is 1. The molecule has 1 amide bonds. The van der Waals surface area contributed by atoms with Gasteiger partial charge in [0.1, 0.15) is 17.4 Å². The topological polar surface area (TPSA) is 88.4 Å². The number of ether oxygens (including phenoxy) is 2. The molecule has 1 aromatic carbocycles. The molecule has 0 aromatic heterocycles. The molecule has 0 spiro atoms. The van der Waals surface area contributed by atoms with Crippen LogP contribution in [0, 0.1) is 17.2 Å². The number of carbonyl (C=O) groups is 2. The summed E-state index contributed by atoms with van der Waals surface area (Å²) in [4.78, 5) is 23.6. The zero-order chi connectivity index (χ0) is 19.8. The fourth-order valence-corrected chi connectivity index (χ4v) is 3.52. The zero-order valence-corrected chi connectivity index (χ0v) is 17.0. The van der Waals surface area contributed by atoms with Crippen molar-refractivity contribution in [2.45, 2.75) is 38.6 Å². The SMILES string of the molecule is COC(=O)COc1ccc(/C=C(/C#N)C(=O)NC2CCCCC2C)cc1Br. The highest BCUT2D eigenvalue weighted by molar-refractivity contribution is 9.10. The van der Waals surface area contributed by atoms with Gasteiger partial charge >= 0.3 is 5.97 Å². The van der Waals surface area contributed by atoms with Crippen molar-refractivity contribution in [2.75, 3.05) is 13.7 Å². The van der Waals surface area contributed by atoms with E-state index in [9.17, 15) is 14.9 Å². The lowest BCUT2D eigenvalue weighted by Gasteiger charge is -2.29. The van der Waals surface area contributed by atoms with Crippen LogP contribution in [0.5, 0.6) is 5.75 Å². The molecule has 2 rings (SSSR count). The largest absolute Gasteiger partial charge is 0.481 e. The maximum atomic E-state index is 12.5. The molecule has 1 aliphatic rings. The molecule has 144 valence electrons. The van der Waals surface area contributed by atoms with Gasteiger partial charge in [-0.1, -0.05) is 25.8 Å². The molecule has 0 heterocycles. The van der Waals surface area contributed by atoms with Crippen molar-refractivity contribution in [2.24, 2.45) is 5.92 Å². The van der Waals surface area contributed by atoms with Gasteiger partial charge in [0, 0.05) is 6.04 Å². The van der Waals surface area contributed by atoms with Crippen LogP contribution in [0.15, 0.2) is 28.2 Å². The Morgan fingerprint density at radius 3 is 2.74 bits per heavy atom. The number of nitriles is 1. The summed E-state index contributed by atoms with van der Waals surface area (Å²) in [5.74, 6) is 0.0595. The van der Waals surface area contributed by atoms with E-state index in [2.05, 4.69) is 32.9 Å². The van der Waals surface area contributed by atoms with E-state index in [1.807, 2.05) is 6.07 Å². The smallest absolute Gasteiger partial charge is 0.343 e. The van der Waals surface area contributed by atoms with E-state index >= 15 is 0 Å². The monoisotopic (exact) mass is 434 g/mol. The van der Waals surface area contributed by atoms with E-state index < -0.39 is 5.97 Å². The minimum Gasteiger partial charge on any atom is -0.481 e. The van der Waals surface area contributed by atoms with Crippen molar-refractivity contribution < 1.29 is 19.1 Å². The molecule has 1 N–H and O–H groups in total. The molecule has 2 unspecified atom stereocenters. The summed E-state index contributed by atoms with van der Waals surface area (Å²) in [6.07, 6.45) is 5.87. The number of halogens is 1. The molecule has 7 heteroatoms. The van der Waals surface area contributed by atoms with Crippen LogP contribution in [0.25, 0.3) is 6.08 Å². The molecule has 0 radical (unpaired) electrons. The second-order valence-electron chi connectivity index (χ2n) is 6.57. The highest BCUT2D eigenvalue weighted by Gasteiger charge is 2.24. The molecule has 0 saturated heterocycles. The first-order valence-electron chi connectivity index (χ1n) is 8.86. The summed E-state index contributed by atoms with van der Waals surface area (Å²) >= 11 is 3.37. The summed E-state index contributed by atoms with van der Waals surface area (Å²) in [7, 11) is 1.29. The van der Waals surface area contributed by atoms with E-state index in [1.54, 1.807) is 18.2 Å². The van der Waals surface area contributed by atoms with Gasteiger partial charge in [-0.05, 0) is 58.5 Å². The molecule has 1 fully saturated rings. The normalized spacial score (nSPS) is 19.7. The summed E-state index contributed by atoms with van der Waals surface area (Å²) in [5, 5.41) is 12.4. The number of nitrogens with zero attached hydrogens (tertiary/aromatic N) is 1. The number of hydrogen-bond acceptors (Lipinski definition) is 5. The third-order valence-corrected chi connectivity index (χ3v) is 5.25. The van der Waals surface area contributed by atoms with E-state index in [0.717, 1.165) is 19.3 Å². The van der Waals surface area contributed by atoms with Gasteiger partial charge in [0.15, 0.2) is 6.61 Å². The fourth-order valence-electron chi connectivity index (χ4n) is 3.01. The van der Waals surface area contributed by atoms with Gasteiger partial charge in [0.2, 0.25) is 0 Å². The average molecular weight is 435 g/mol. The Labute approximate surface area is 167 Å². The van der Waals surface area contributed by atoms with Gasteiger partial charge in [0.05, 0.1) is 11.6 Å². The standard InChI is InChI=1S/C20H23BrN2O4/c1-13-5-3-4-6-17(13)23-20(25)15(11-22)9-14-7-8-18(16(21)10-14)27-12-19(24)26-2/h7-10,13,17H,3-6,12H2,1-2H3,(H,23,25)/b15-9-. The molecular weight excluding hydrogens is 412 g/mol. The van der Waals surface area contributed by atoms with E-state index in [1.165, 1.54) is 19.6 Å². The Hall–Kier alpha value is -2.33. The molecule has 27 heavy (non-hydrogen) atoms. The fraction of sp³-hybridized carbons (Fsp3) is 0.450. The molecule has 1 aromatic rings. The lowest BCUT2D eigenvalue weighted by molar-refractivity contribution is -0.142. The number of esters is 1. The maximum absolute atomic E-state index is 12.5. The lowest BCUT2D eigenvalue weighted by atomic mass is 9.86. The lowest BCUT2D eigenvalue weighted by Crippen LogP contribution is -2.41. The molecule has 0 aliphatic heterocycles. The maximum Gasteiger partial charge on any atom is 0.343 e. The van der Waals surface area contributed by atoms with Crippen LogP contribution in [0.1, 0.15) is 38.2 Å². The predicted molar refractivity (Wildman–Crippen MR) is 105 cm³/mol. The van der Waals surface area contributed by atoms with Crippen LogP contribution in [-0.4, -0.2) is 31.6 Å². The molecule has 0 bridgehead atoms. The number of amides is 1. The van der Waals surface area contributed by atoms with Crippen LogP contribution in [-0.2, 0) is 14.3 Å². The predicted octanol–water partition coefficient (Wildman–Crippen LogP) is 3.60. The Morgan fingerprint density at radius 1 is 1.37 bits per heavy atom. The third-order valence-electron chi connectivity index (χ3n) is 4.63. The van der Waals surface area contributed by atoms with Crippen LogP contribution >= 0.6 is 15.9 Å². The summed E-state index contributed by atoms with van der Waals surface area (Å²) in [5.41, 5.74) is 0.735. The second-order valence-corrected chi connectivity index (χ2v) is 7.42. The molecule has 1 saturated carbocycles. The summed E-state index contributed by atoms with van der Waals surface area (Å²) in [6, 6.07) is 7.19. The van der Waals surface area contributed by atoms with Crippen LogP contribution in [0.4, 0.5) is 0 Å². The third kappa shape index (κ3) is 6.10. The van der Waals surface area contributed by atoms with E-state index in [0.29, 0.717) is 21.7 Å².